The fraction of sp³-hybridized carbons (Fsp3) is 0.600. The highest BCUT2D eigenvalue weighted by molar-refractivity contribution is 7.99. The van der Waals surface area contributed by atoms with Gasteiger partial charge in [-0.25, -0.2) is 0 Å². The van der Waals surface area contributed by atoms with Crippen LogP contribution in [-0.4, -0.2) is 31.1 Å². The summed E-state index contributed by atoms with van der Waals surface area (Å²) >= 11 is 1.91. The van der Waals surface area contributed by atoms with Gasteiger partial charge in [-0.1, -0.05) is 17.7 Å². The third-order valence-electron chi connectivity index (χ3n) is 3.38. The molecule has 1 N–H and O–H groups in total. The maximum Gasteiger partial charge on any atom is 0.0726 e. The van der Waals surface area contributed by atoms with Gasteiger partial charge in [-0.3, -0.25) is 0 Å². The third kappa shape index (κ3) is 4.30. The lowest BCUT2D eigenvalue weighted by molar-refractivity contribution is 0.0844. The van der Waals surface area contributed by atoms with E-state index in [0.717, 1.165) is 18.9 Å². The molecule has 1 aliphatic heterocycles. The van der Waals surface area contributed by atoms with Gasteiger partial charge in [0, 0.05) is 29.8 Å². The first-order valence-electron chi connectivity index (χ1n) is 6.80. The first-order valence-corrected chi connectivity index (χ1v) is 7.79. The molecule has 0 spiro atoms. The maximum atomic E-state index is 5.67. The van der Waals surface area contributed by atoms with Crippen LogP contribution < -0.4 is 5.32 Å². The van der Waals surface area contributed by atoms with Gasteiger partial charge in [-0.05, 0) is 38.8 Å². The molecular formula is C15H23NOS. The predicted molar refractivity (Wildman–Crippen MR) is 78.3 cm³/mol. The van der Waals surface area contributed by atoms with Gasteiger partial charge in [0.1, 0.15) is 0 Å². The van der Waals surface area contributed by atoms with Crippen LogP contribution in [0.15, 0.2) is 29.2 Å². The zero-order valence-electron chi connectivity index (χ0n) is 11.3. The smallest absolute Gasteiger partial charge is 0.0726 e. The Labute approximate surface area is 114 Å². The van der Waals surface area contributed by atoms with Gasteiger partial charge in [0.15, 0.2) is 0 Å². The number of benzene rings is 1. The Morgan fingerprint density at radius 2 is 2.17 bits per heavy atom. The second-order valence-corrected chi connectivity index (χ2v) is 6.12. The fourth-order valence-corrected chi connectivity index (χ4v) is 3.00. The summed E-state index contributed by atoms with van der Waals surface area (Å²) in [6.45, 7) is 6.33. The van der Waals surface area contributed by atoms with E-state index in [1.807, 2.05) is 11.8 Å². The van der Waals surface area contributed by atoms with Gasteiger partial charge in [-0.2, -0.15) is 0 Å². The molecule has 0 aromatic heterocycles. The predicted octanol–water partition coefficient (Wildman–Crippen LogP) is 3.24. The lowest BCUT2D eigenvalue weighted by Gasteiger charge is -2.19. The monoisotopic (exact) mass is 265 g/mol. The lowest BCUT2D eigenvalue weighted by Crippen LogP contribution is -2.38. The van der Waals surface area contributed by atoms with Crippen molar-refractivity contribution in [2.75, 3.05) is 18.9 Å². The average Bonchev–Trinajstić information content (AvgIpc) is 2.90. The number of hydrogen-bond donors (Lipinski definition) is 1. The first-order chi connectivity index (χ1) is 8.75. The summed E-state index contributed by atoms with van der Waals surface area (Å²) in [4.78, 5) is 1.35. The molecule has 0 aliphatic carbocycles. The van der Waals surface area contributed by atoms with Gasteiger partial charge >= 0.3 is 0 Å². The van der Waals surface area contributed by atoms with Gasteiger partial charge in [-0.15, -0.1) is 11.8 Å². The van der Waals surface area contributed by atoms with Crippen molar-refractivity contribution in [1.82, 2.24) is 5.32 Å². The minimum absolute atomic E-state index is 0.425. The van der Waals surface area contributed by atoms with Crippen molar-refractivity contribution >= 4 is 11.8 Å². The van der Waals surface area contributed by atoms with Gasteiger partial charge in [0.05, 0.1) is 6.10 Å². The fourth-order valence-electron chi connectivity index (χ4n) is 2.22. The number of hydrogen-bond acceptors (Lipinski definition) is 3. The van der Waals surface area contributed by atoms with Crippen molar-refractivity contribution in [3.63, 3.8) is 0 Å². The number of rotatable bonds is 6. The van der Waals surface area contributed by atoms with E-state index >= 15 is 0 Å². The minimum Gasteiger partial charge on any atom is -0.377 e. The Balaban J connectivity index is 1.62. The van der Waals surface area contributed by atoms with Crippen molar-refractivity contribution in [2.45, 2.75) is 43.7 Å². The van der Waals surface area contributed by atoms with Crippen molar-refractivity contribution in [3.05, 3.63) is 29.8 Å². The van der Waals surface area contributed by atoms with E-state index in [1.165, 1.54) is 23.3 Å². The van der Waals surface area contributed by atoms with E-state index in [0.29, 0.717) is 12.1 Å². The number of thioether (sulfide) groups is 1. The SMILES string of the molecule is Cc1ccc(SCCNC(C)C2CCCO2)cc1. The minimum atomic E-state index is 0.425. The van der Waals surface area contributed by atoms with Crippen LogP contribution in [-0.2, 0) is 4.74 Å². The Morgan fingerprint density at radius 1 is 1.39 bits per heavy atom. The Hall–Kier alpha value is -0.510. The summed E-state index contributed by atoms with van der Waals surface area (Å²) in [5.74, 6) is 1.11. The summed E-state index contributed by atoms with van der Waals surface area (Å²) in [5.41, 5.74) is 1.32. The van der Waals surface area contributed by atoms with Gasteiger partial charge in [0.25, 0.3) is 0 Å². The molecule has 1 saturated heterocycles. The Morgan fingerprint density at radius 3 is 2.83 bits per heavy atom. The summed E-state index contributed by atoms with van der Waals surface area (Å²) in [6, 6.07) is 9.22. The second-order valence-electron chi connectivity index (χ2n) is 4.96. The molecule has 2 nitrogen and oxygen atoms in total. The molecular weight excluding hydrogens is 242 g/mol. The maximum absolute atomic E-state index is 5.67. The molecule has 0 radical (unpaired) electrons. The molecule has 100 valence electrons. The van der Waals surface area contributed by atoms with Gasteiger partial charge < -0.3 is 10.1 Å². The van der Waals surface area contributed by atoms with Crippen molar-refractivity contribution in [1.29, 1.82) is 0 Å². The molecule has 3 heteroatoms. The Bertz CT molecular complexity index is 346. The summed E-state index contributed by atoms with van der Waals surface area (Å²) < 4.78 is 5.67. The summed E-state index contributed by atoms with van der Waals surface area (Å²) in [7, 11) is 0. The van der Waals surface area contributed by atoms with Crippen LogP contribution in [0.4, 0.5) is 0 Å². The van der Waals surface area contributed by atoms with Crippen molar-refractivity contribution in [3.8, 4) is 0 Å². The molecule has 0 bridgehead atoms. The second kappa shape index (κ2) is 7.17. The summed E-state index contributed by atoms with van der Waals surface area (Å²) in [5, 5.41) is 3.56. The average molecular weight is 265 g/mol. The van der Waals surface area contributed by atoms with Crippen LogP contribution in [0, 0.1) is 6.92 Å². The van der Waals surface area contributed by atoms with E-state index in [2.05, 4.69) is 43.4 Å². The molecule has 1 aliphatic rings. The van der Waals surface area contributed by atoms with Crippen LogP contribution in [0.3, 0.4) is 0 Å². The van der Waals surface area contributed by atoms with E-state index in [9.17, 15) is 0 Å². The molecule has 0 amide bonds. The van der Waals surface area contributed by atoms with Crippen LogP contribution in [0.5, 0.6) is 0 Å². The largest absolute Gasteiger partial charge is 0.377 e. The highest BCUT2D eigenvalue weighted by atomic mass is 32.2. The highest BCUT2D eigenvalue weighted by Gasteiger charge is 2.21. The molecule has 18 heavy (non-hydrogen) atoms. The molecule has 2 rings (SSSR count). The lowest BCUT2D eigenvalue weighted by atomic mass is 10.1. The van der Waals surface area contributed by atoms with Crippen molar-refractivity contribution < 1.29 is 4.74 Å². The molecule has 2 unspecified atom stereocenters. The molecule has 1 aromatic rings. The quantitative estimate of drug-likeness (QED) is 0.630. The van der Waals surface area contributed by atoms with E-state index in [1.54, 1.807) is 0 Å². The highest BCUT2D eigenvalue weighted by Crippen LogP contribution is 2.18. The standard InChI is InChI=1S/C15H23NOS/c1-12-5-7-14(8-6-12)18-11-9-16-13(2)15-4-3-10-17-15/h5-8,13,15-16H,3-4,9-11H2,1-2H3. The van der Waals surface area contributed by atoms with Crippen LogP contribution in [0.2, 0.25) is 0 Å². The first kappa shape index (κ1) is 13.9. The van der Waals surface area contributed by atoms with Crippen LogP contribution >= 0.6 is 11.8 Å². The number of nitrogens with one attached hydrogen (secondary N) is 1. The topological polar surface area (TPSA) is 21.3 Å². The third-order valence-corrected chi connectivity index (χ3v) is 4.39. The molecule has 2 atom stereocenters. The van der Waals surface area contributed by atoms with Crippen LogP contribution in [0.1, 0.15) is 25.3 Å². The zero-order chi connectivity index (χ0) is 12.8. The number of ether oxygens (including phenoxy) is 1. The van der Waals surface area contributed by atoms with Crippen LogP contribution in [0.25, 0.3) is 0 Å². The molecule has 1 aromatic carbocycles. The van der Waals surface area contributed by atoms with Crippen molar-refractivity contribution in [2.24, 2.45) is 0 Å². The molecule has 1 heterocycles. The number of aryl methyl sites for hydroxylation is 1. The molecule has 0 saturated carbocycles. The normalized spacial score (nSPS) is 21.1. The Kier molecular flexibility index (Phi) is 5.54. The summed E-state index contributed by atoms with van der Waals surface area (Å²) in [6.07, 6.45) is 2.85. The van der Waals surface area contributed by atoms with E-state index in [4.69, 9.17) is 4.74 Å². The van der Waals surface area contributed by atoms with E-state index in [-0.39, 0.29) is 0 Å². The molecule has 1 fully saturated rings. The zero-order valence-corrected chi connectivity index (χ0v) is 12.1. The van der Waals surface area contributed by atoms with E-state index < -0.39 is 0 Å². The van der Waals surface area contributed by atoms with Gasteiger partial charge in [0.2, 0.25) is 0 Å².